The molecule has 1 fully saturated rings. The van der Waals surface area contributed by atoms with Crippen molar-refractivity contribution in [3.05, 3.63) is 29.8 Å². The van der Waals surface area contributed by atoms with Crippen LogP contribution in [0.4, 0.5) is 0 Å². The van der Waals surface area contributed by atoms with Crippen LogP contribution in [0.5, 0.6) is 5.75 Å². The molecule has 6 heteroatoms. The van der Waals surface area contributed by atoms with Crippen LogP contribution in [0.15, 0.2) is 24.3 Å². The van der Waals surface area contributed by atoms with Crippen LogP contribution in [0.1, 0.15) is 12.0 Å². The van der Waals surface area contributed by atoms with E-state index in [9.17, 15) is 4.79 Å². The van der Waals surface area contributed by atoms with Gasteiger partial charge in [-0.15, -0.1) is 12.4 Å². The van der Waals surface area contributed by atoms with E-state index in [0.717, 1.165) is 18.9 Å². The molecule has 1 unspecified atom stereocenters. The van der Waals surface area contributed by atoms with Gasteiger partial charge in [-0.2, -0.15) is 0 Å². The number of nitrogens with one attached hydrogen (secondary N) is 2. The lowest BCUT2D eigenvalue weighted by atomic mass is 10.2. The lowest BCUT2D eigenvalue weighted by molar-refractivity contribution is -0.122. The van der Waals surface area contributed by atoms with Gasteiger partial charge in [-0.1, -0.05) is 17.7 Å². The van der Waals surface area contributed by atoms with Crippen molar-refractivity contribution in [1.29, 1.82) is 0 Å². The maximum absolute atomic E-state index is 11.7. The Labute approximate surface area is 131 Å². The number of amides is 1. The highest BCUT2D eigenvalue weighted by Crippen LogP contribution is 2.10. The molecule has 21 heavy (non-hydrogen) atoms. The molecule has 0 aliphatic carbocycles. The van der Waals surface area contributed by atoms with E-state index in [1.165, 1.54) is 5.56 Å². The molecule has 0 spiro atoms. The summed E-state index contributed by atoms with van der Waals surface area (Å²) in [4.78, 5) is 11.7. The predicted molar refractivity (Wildman–Crippen MR) is 84.2 cm³/mol. The third-order valence-electron chi connectivity index (χ3n) is 3.14. The minimum atomic E-state index is 0. The van der Waals surface area contributed by atoms with E-state index in [0.29, 0.717) is 26.2 Å². The van der Waals surface area contributed by atoms with Gasteiger partial charge in [0.25, 0.3) is 0 Å². The molecule has 0 aromatic heterocycles. The van der Waals surface area contributed by atoms with Crippen LogP contribution in [0.2, 0.25) is 0 Å². The Bertz CT molecular complexity index is 419. The van der Waals surface area contributed by atoms with Crippen molar-refractivity contribution >= 4 is 18.3 Å². The summed E-state index contributed by atoms with van der Waals surface area (Å²) < 4.78 is 10.9. The predicted octanol–water partition coefficient (Wildman–Crippen LogP) is 1.29. The zero-order valence-corrected chi connectivity index (χ0v) is 13.1. The normalized spacial score (nSPS) is 17.7. The molecule has 0 saturated carbocycles. The fraction of sp³-hybridized carbons (Fsp3) is 0.533. The summed E-state index contributed by atoms with van der Waals surface area (Å²) >= 11 is 0. The Morgan fingerprint density at radius 3 is 2.86 bits per heavy atom. The van der Waals surface area contributed by atoms with Crippen molar-refractivity contribution < 1.29 is 14.3 Å². The highest BCUT2D eigenvalue weighted by atomic mass is 35.5. The lowest BCUT2D eigenvalue weighted by Crippen LogP contribution is -2.44. The second kappa shape index (κ2) is 9.60. The van der Waals surface area contributed by atoms with Crippen LogP contribution in [0.25, 0.3) is 0 Å². The van der Waals surface area contributed by atoms with Gasteiger partial charge in [0.1, 0.15) is 12.4 Å². The third kappa shape index (κ3) is 6.80. The summed E-state index contributed by atoms with van der Waals surface area (Å²) in [5.74, 6) is 0.854. The molecule has 0 radical (unpaired) electrons. The second-order valence-electron chi connectivity index (χ2n) is 4.94. The maximum Gasteiger partial charge on any atom is 0.221 e. The van der Waals surface area contributed by atoms with Crippen LogP contribution in [-0.4, -0.2) is 44.9 Å². The first-order valence-corrected chi connectivity index (χ1v) is 7.01. The summed E-state index contributed by atoms with van der Waals surface area (Å²) in [5.41, 5.74) is 1.20. The highest BCUT2D eigenvalue weighted by Gasteiger charge is 2.16. The van der Waals surface area contributed by atoms with E-state index < -0.39 is 0 Å². The van der Waals surface area contributed by atoms with Crippen molar-refractivity contribution in [2.24, 2.45) is 0 Å². The number of ether oxygens (including phenoxy) is 2. The number of carbonyl (C=O) groups is 1. The van der Waals surface area contributed by atoms with E-state index in [4.69, 9.17) is 9.47 Å². The minimum absolute atomic E-state index is 0. The maximum atomic E-state index is 11.7. The smallest absolute Gasteiger partial charge is 0.221 e. The molecule has 1 heterocycles. The Morgan fingerprint density at radius 2 is 2.19 bits per heavy atom. The summed E-state index contributed by atoms with van der Waals surface area (Å²) in [6, 6.07) is 7.99. The van der Waals surface area contributed by atoms with Crippen molar-refractivity contribution in [3.8, 4) is 5.75 Å². The van der Waals surface area contributed by atoms with Gasteiger partial charge < -0.3 is 20.1 Å². The van der Waals surface area contributed by atoms with Crippen molar-refractivity contribution in [3.63, 3.8) is 0 Å². The van der Waals surface area contributed by atoms with Gasteiger partial charge in [0, 0.05) is 19.0 Å². The van der Waals surface area contributed by atoms with E-state index in [1.807, 2.05) is 31.2 Å². The molecule has 1 atom stereocenters. The SMILES string of the molecule is Cc1ccc(OCCNC(=O)CC2COCCN2)cc1.Cl. The van der Waals surface area contributed by atoms with Crippen LogP contribution in [0, 0.1) is 6.92 Å². The number of morpholine rings is 1. The second-order valence-corrected chi connectivity index (χ2v) is 4.94. The van der Waals surface area contributed by atoms with Crippen LogP contribution in [0.3, 0.4) is 0 Å². The number of hydrogen-bond acceptors (Lipinski definition) is 4. The fourth-order valence-corrected chi connectivity index (χ4v) is 2.04. The molecule has 1 aliphatic heterocycles. The van der Waals surface area contributed by atoms with E-state index in [1.54, 1.807) is 0 Å². The molecule has 5 nitrogen and oxygen atoms in total. The lowest BCUT2D eigenvalue weighted by Gasteiger charge is -2.23. The monoisotopic (exact) mass is 314 g/mol. The van der Waals surface area contributed by atoms with Gasteiger partial charge in [-0.25, -0.2) is 0 Å². The number of hydrogen-bond donors (Lipinski definition) is 2. The standard InChI is InChI=1S/C15H22N2O3.ClH/c1-12-2-4-14(5-3-12)20-9-7-17-15(18)10-13-11-19-8-6-16-13;/h2-5,13,16H,6-11H2,1H3,(H,17,18);1H. The van der Waals surface area contributed by atoms with Gasteiger partial charge in [0.15, 0.2) is 0 Å². The third-order valence-corrected chi connectivity index (χ3v) is 3.14. The van der Waals surface area contributed by atoms with Crippen LogP contribution < -0.4 is 15.4 Å². The molecule has 2 N–H and O–H groups in total. The first kappa shape index (κ1) is 17.8. The first-order chi connectivity index (χ1) is 9.74. The van der Waals surface area contributed by atoms with E-state index >= 15 is 0 Å². The van der Waals surface area contributed by atoms with Gasteiger partial charge in [0.05, 0.1) is 19.8 Å². The molecule has 1 amide bonds. The topological polar surface area (TPSA) is 59.6 Å². The Kier molecular flexibility index (Phi) is 8.12. The zero-order valence-electron chi connectivity index (χ0n) is 12.3. The summed E-state index contributed by atoms with van der Waals surface area (Å²) in [7, 11) is 0. The number of carbonyl (C=O) groups excluding carboxylic acids is 1. The summed E-state index contributed by atoms with van der Waals surface area (Å²) in [5, 5.41) is 6.11. The molecule has 118 valence electrons. The quantitative estimate of drug-likeness (QED) is 0.777. The summed E-state index contributed by atoms with van der Waals surface area (Å²) in [6.07, 6.45) is 0.449. The van der Waals surface area contributed by atoms with Gasteiger partial charge in [0.2, 0.25) is 5.91 Å². The molecule has 1 aliphatic rings. The average molecular weight is 315 g/mol. The average Bonchev–Trinajstić information content (AvgIpc) is 2.46. The van der Waals surface area contributed by atoms with Gasteiger partial charge >= 0.3 is 0 Å². The molecule has 1 saturated heterocycles. The zero-order chi connectivity index (χ0) is 14.2. The molecule has 0 bridgehead atoms. The van der Waals surface area contributed by atoms with E-state index in [2.05, 4.69) is 10.6 Å². The molecule has 1 aromatic carbocycles. The Hall–Kier alpha value is -1.30. The number of aryl methyl sites for hydroxylation is 1. The molecular formula is C15H23ClN2O3. The van der Waals surface area contributed by atoms with Crippen molar-refractivity contribution in [2.45, 2.75) is 19.4 Å². The number of rotatable bonds is 6. The van der Waals surface area contributed by atoms with Gasteiger partial charge in [-0.05, 0) is 19.1 Å². The Morgan fingerprint density at radius 1 is 1.43 bits per heavy atom. The summed E-state index contributed by atoms with van der Waals surface area (Å²) in [6.45, 7) is 5.17. The van der Waals surface area contributed by atoms with Crippen molar-refractivity contribution in [1.82, 2.24) is 10.6 Å². The first-order valence-electron chi connectivity index (χ1n) is 7.01. The Balaban J connectivity index is 0.00000220. The number of halogens is 1. The van der Waals surface area contributed by atoms with Gasteiger partial charge in [-0.3, -0.25) is 4.79 Å². The van der Waals surface area contributed by atoms with E-state index in [-0.39, 0.29) is 24.4 Å². The van der Waals surface area contributed by atoms with Crippen molar-refractivity contribution in [2.75, 3.05) is 32.9 Å². The van der Waals surface area contributed by atoms with Crippen LogP contribution in [-0.2, 0) is 9.53 Å². The fourth-order valence-electron chi connectivity index (χ4n) is 2.04. The largest absolute Gasteiger partial charge is 0.492 e. The van der Waals surface area contributed by atoms with Crippen LogP contribution >= 0.6 is 12.4 Å². The molecule has 2 rings (SSSR count). The highest BCUT2D eigenvalue weighted by molar-refractivity contribution is 5.85. The minimum Gasteiger partial charge on any atom is -0.492 e. The molecular weight excluding hydrogens is 292 g/mol. The number of benzene rings is 1. The molecule has 1 aromatic rings.